The molecule has 2 heterocycles. The second-order valence-electron chi connectivity index (χ2n) is 4.20. The number of rotatable bonds is 4. The highest BCUT2D eigenvalue weighted by atomic mass is 16.5. The lowest BCUT2D eigenvalue weighted by Crippen LogP contribution is -2.35. The van der Waals surface area contributed by atoms with E-state index in [1.807, 2.05) is 0 Å². The van der Waals surface area contributed by atoms with Crippen molar-refractivity contribution in [2.24, 2.45) is 0 Å². The van der Waals surface area contributed by atoms with Gasteiger partial charge >= 0.3 is 5.97 Å². The highest BCUT2D eigenvalue weighted by Crippen LogP contribution is 2.16. The fourth-order valence-electron chi connectivity index (χ4n) is 2.10. The number of hydrogen-bond acceptors (Lipinski definition) is 5. The van der Waals surface area contributed by atoms with Crippen molar-refractivity contribution in [3.8, 4) is 0 Å². The molecule has 0 spiro atoms. The summed E-state index contributed by atoms with van der Waals surface area (Å²) >= 11 is 0. The fourth-order valence-corrected chi connectivity index (χ4v) is 2.10. The topological polar surface area (TPSA) is 64.4 Å². The summed E-state index contributed by atoms with van der Waals surface area (Å²) in [7, 11) is 0. The molecule has 17 heavy (non-hydrogen) atoms. The monoisotopic (exact) mass is 238 g/mol. The molecule has 5 nitrogen and oxygen atoms in total. The second-order valence-corrected chi connectivity index (χ2v) is 4.20. The Labute approximate surface area is 101 Å². The summed E-state index contributed by atoms with van der Waals surface area (Å²) in [6.45, 7) is 3.17. The highest BCUT2D eigenvalue weighted by Gasteiger charge is 2.22. The zero-order valence-corrected chi connectivity index (χ0v) is 10.1. The number of carbonyl (C=O) groups excluding carboxylic acids is 1. The van der Waals surface area contributed by atoms with E-state index < -0.39 is 5.97 Å². The first kappa shape index (κ1) is 12.1. The van der Waals surface area contributed by atoms with Crippen LogP contribution in [-0.4, -0.2) is 30.1 Å². The minimum Gasteiger partial charge on any atom is -0.461 e. The molecule has 1 aromatic heterocycles. The molecule has 0 bridgehead atoms. The summed E-state index contributed by atoms with van der Waals surface area (Å²) in [6.07, 6.45) is 5.57. The van der Waals surface area contributed by atoms with E-state index in [9.17, 15) is 4.79 Å². The minimum atomic E-state index is -0.396. The number of nitrogens with one attached hydrogen (secondary N) is 1. The van der Waals surface area contributed by atoms with Crippen molar-refractivity contribution >= 4 is 5.97 Å². The molecule has 94 valence electrons. The zero-order valence-electron chi connectivity index (χ0n) is 10.1. The van der Waals surface area contributed by atoms with Crippen molar-refractivity contribution in [3.63, 3.8) is 0 Å². The predicted octanol–water partition coefficient (Wildman–Crippen LogP) is 1.54. The summed E-state index contributed by atoms with van der Waals surface area (Å²) in [6, 6.07) is 0.380. The molecule has 0 amide bonds. The van der Waals surface area contributed by atoms with Crippen molar-refractivity contribution in [1.82, 2.24) is 10.3 Å². The smallest absolute Gasteiger partial charge is 0.360 e. The van der Waals surface area contributed by atoms with Crippen LogP contribution in [0.4, 0.5) is 0 Å². The standard InChI is InChI=1S/C12H18N2O3/c1-2-16-12(15)11-10(17-8-14-11)7-9-5-3-4-6-13-9/h8-9,13H,2-7H2,1H3. The van der Waals surface area contributed by atoms with E-state index in [4.69, 9.17) is 9.15 Å². The largest absolute Gasteiger partial charge is 0.461 e. The first-order valence-electron chi connectivity index (χ1n) is 6.14. The van der Waals surface area contributed by atoms with Crippen molar-refractivity contribution in [3.05, 3.63) is 17.8 Å². The van der Waals surface area contributed by atoms with Crippen LogP contribution in [0.5, 0.6) is 0 Å². The predicted molar refractivity (Wildman–Crippen MR) is 61.8 cm³/mol. The zero-order chi connectivity index (χ0) is 12.1. The SMILES string of the molecule is CCOC(=O)c1ncoc1CC1CCCCN1. The van der Waals surface area contributed by atoms with Crippen LogP contribution in [-0.2, 0) is 11.2 Å². The van der Waals surface area contributed by atoms with Crippen molar-refractivity contribution in [2.45, 2.75) is 38.6 Å². The van der Waals surface area contributed by atoms with E-state index in [1.54, 1.807) is 6.92 Å². The van der Waals surface area contributed by atoms with E-state index >= 15 is 0 Å². The summed E-state index contributed by atoms with van der Waals surface area (Å²) < 4.78 is 10.2. The van der Waals surface area contributed by atoms with Crippen LogP contribution in [0, 0.1) is 0 Å². The third-order valence-corrected chi connectivity index (χ3v) is 2.95. The fraction of sp³-hybridized carbons (Fsp3) is 0.667. The average Bonchev–Trinajstić information content (AvgIpc) is 2.79. The van der Waals surface area contributed by atoms with Gasteiger partial charge in [0.15, 0.2) is 12.1 Å². The quantitative estimate of drug-likeness (QED) is 0.806. The number of aromatic nitrogens is 1. The maximum absolute atomic E-state index is 11.6. The molecule has 0 aromatic carbocycles. The van der Waals surface area contributed by atoms with E-state index in [0.717, 1.165) is 13.0 Å². The number of ether oxygens (including phenoxy) is 1. The van der Waals surface area contributed by atoms with Gasteiger partial charge in [0.05, 0.1) is 6.61 Å². The molecule has 1 aliphatic heterocycles. The minimum absolute atomic E-state index is 0.319. The Morgan fingerprint density at radius 3 is 3.24 bits per heavy atom. The van der Waals surface area contributed by atoms with Crippen molar-refractivity contribution < 1.29 is 13.9 Å². The summed E-state index contributed by atoms with van der Waals surface area (Å²) in [4.78, 5) is 15.5. The third-order valence-electron chi connectivity index (χ3n) is 2.95. The van der Waals surface area contributed by atoms with Crippen LogP contribution in [0.15, 0.2) is 10.8 Å². The number of carbonyl (C=O) groups is 1. The molecule has 1 saturated heterocycles. The Morgan fingerprint density at radius 2 is 2.53 bits per heavy atom. The average molecular weight is 238 g/mol. The van der Waals surface area contributed by atoms with Gasteiger partial charge in [-0.2, -0.15) is 0 Å². The van der Waals surface area contributed by atoms with Crippen molar-refractivity contribution in [2.75, 3.05) is 13.2 Å². The molecule has 1 unspecified atom stereocenters. The van der Waals surface area contributed by atoms with Gasteiger partial charge in [-0.25, -0.2) is 9.78 Å². The Kier molecular flexibility index (Phi) is 4.14. The number of oxazole rings is 1. The number of esters is 1. The molecule has 0 aliphatic carbocycles. The van der Waals surface area contributed by atoms with E-state index in [-0.39, 0.29) is 0 Å². The molecule has 1 aromatic rings. The van der Waals surface area contributed by atoms with Crippen LogP contribution in [0.3, 0.4) is 0 Å². The van der Waals surface area contributed by atoms with E-state index in [0.29, 0.717) is 30.5 Å². The van der Waals surface area contributed by atoms with Gasteiger partial charge in [-0.3, -0.25) is 0 Å². The third kappa shape index (κ3) is 3.06. The van der Waals surface area contributed by atoms with Gasteiger partial charge in [0.1, 0.15) is 5.76 Å². The Bertz CT molecular complexity index is 370. The molecule has 0 radical (unpaired) electrons. The second kappa shape index (κ2) is 5.82. The first-order chi connectivity index (χ1) is 8.31. The lowest BCUT2D eigenvalue weighted by atomic mass is 10.0. The van der Waals surface area contributed by atoms with Gasteiger partial charge in [-0.15, -0.1) is 0 Å². The van der Waals surface area contributed by atoms with Gasteiger partial charge in [0.25, 0.3) is 0 Å². The summed E-state index contributed by atoms with van der Waals surface area (Å²) in [5.41, 5.74) is 0.319. The molecule has 5 heteroatoms. The van der Waals surface area contributed by atoms with Gasteiger partial charge in [-0.1, -0.05) is 6.42 Å². The van der Waals surface area contributed by atoms with Gasteiger partial charge in [0, 0.05) is 12.5 Å². The van der Waals surface area contributed by atoms with Gasteiger partial charge < -0.3 is 14.5 Å². The van der Waals surface area contributed by atoms with Gasteiger partial charge in [-0.05, 0) is 26.3 Å². The molecule has 1 N–H and O–H groups in total. The van der Waals surface area contributed by atoms with E-state index in [1.165, 1.54) is 19.2 Å². The number of hydrogen-bond donors (Lipinski definition) is 1. The molecule has 0 saturated carbocycles. The molecule has 1 fully saturated rings. The summed E-state index contributed by atoms with van der Waals surface area (Å²) in [5.74, 6) is 0.231. The molecule has 2 rings (SSSR count). The maximum Gasteiger partial charge on any atom is 0.360 e. The lowest BCUT2D eigenvalue weighted by Gasteiger charge is -2.22. The van der Waals surface area contributed by atoms with Crippen LogP contribution in [0.25, 0.3) is 0 Å². The Hall–Kier alpha value is -1.36. The van der Waals surface area contributed by atoms with Crippen molar-refractivity contribution in [1.29, 1.82) is 0 Å². The number of nitrogens with zero attached hydrogens (tertiary/aromatic N) is 1. The number of piperidine rings is 1. The molecule has 1 aliphatic rings. The normalized spacial score (nSPS) is 20.2. The van der Waals surface area contributed by atoms with Crippen LogP contribution < -0.4 is 5.32 Å². The van der Waals surface area contributed by atoms with Crippen LogP contribution in [0.2, 0.25) is 0 Å². The van der Waals surface area contributed by atoms with Gasteiger partial charge in [0.2, 0.25) is 0 Å². The highest BCUT2D eigenvalue weighted by molar-refractivity contribution is 5.88. The van der Waals surface area contributed by atoms with E-state index in [2.05, 4.69) is 10.3 Å². The Balaban J connectivity index is 2.00. The molecular weight excluding hydrogens is 220 g/mol. The lowest BCUT2D eigenvalue weighted by molar-refractivity contribution is 0.0517. The van der Waals surface area contributed by atoms with Crippen LogP contribution in [0.1, 0.15) is 42.4 Å². The summed E-state index contributed by atoms with van der Waals surface area (Å²) in [5, 5.41) is 3.42. The first-order valence-corrected chi connectivity index (χ1v) is 6.14. The van der Waals surface area contributed by atoms with Crippen LogP contribution >= 0.6 is 0 Å². The molecular formula is C12H18N2O3. The molecule has 1 atom stereocenters. The maximum atomic E-state index is 11.6. The Morgan fingerprint density at radius 1 is 1.65 bits per heavy atom.